The molecule has 3 heterocycles. The molecular weight excluding hydrogens is 337 g/mol. The Morgan fingerprint density at radius 2 is 2.00 bits per heavy atom. The highest BCUT2D eigenvalue weighted by atomic mass is 19.1. The summed E-state index contributed by atoms with van der Waals surface area (Å²) < 4.78 is 15.2. The number of carbonyl (C=O) groups excluding carboxylic acids is 1. The van der Waals surface area contributed by atoms with Crippen LogP contribution in [0.5, 0.6) is 0 Å². The quantitative estimate of drug-likeness (QED) is 0.785. The summed E-state index contributed by atoms with van der Waals surface area (Å²) in [5.74, 6) is -2.90. The van der Waals surface area contributed by atoms with Gasteiger partial charge in [0.15, 0.2) is 0 Å². The molecule has 1 aliphatic heterocycles. The molecule has 4 rings (SSSR count). The molecule has 1 aromatic carbocycles. The first-order chi connectivity index (χ1) is 12.5. The number of halogens is 1. The van der Waals surface area contributed by atoms with E-state index in [2.05, 4.69) is 5.10 Å². The highest BCUT2D eigenvalue weighted by Crippen LogP contribution is 2.34. The molecule has 0 spiro atoms. The number of hydrogen-bond donors (Lipinski definition) is 1. The molecule has 1 amide bonds. The highest BCUT2D eigenvalue weighted by Gasteiger charge is 2.41. The zero-order valence-corrected chi connectivity index (χ0v) is 13.7. The lowest BCUT2D eigenvalue weighted by Gasteiger charge is -2.16. The van der Waals surface area contributed by atoms with Crippen LogP contribution in [0, 0.1) is 11.7 Å². The molecule has 26 heavy (non-hydrogen) atoms. The van der Waals surface area contributed by atoms with Gasteiger partial charge in [-0.05, 0) is 29.8 Å². The molecule has 132 valence electrons. The van der Waals surface area contributed by atoms with Gasteiger partial charge >= 0.3 is 5.97 Å². The number of amides is 1. The first-order valence-electron chi connectivity index (χ1n) is 8.24. The Balaban J connectivity index is 1.66. The van der Waals surface area contributed by atoms with Crippen molar-refractivity contribution in [1.82, 2.24) is 14.5 Å². The van der Waals surface area contributed by atoms with Crippen molar-refractivity contribution in [1.29, 1.82) is 0 Å². The Morgan fingerprint density at radius 3 is 2.77 bits per heavy atom. The number of carboxylic acids is 1. The van der Waals surface area contributed by atoms with E-state index in [0.717, 1.165) is 0 Å². The Hall–Kier alpha value is -3.22. The van der Waals surface area contributed by atoms with E-state index in [1.54, 1.807) is 28.9 Å². The molecule has 0 saturated carbocycles. The van der Waals surface area contributed by atoms with Crippen molar-refractivity contribution in [3.8, 4) is 0 Å². The molecule has 1 fully saturated rings. The zero-order valence-electron chi connectivity index (χ0n) is 13.7. The molecule has 1 aliphatic rings. The molecule has 2 aromatic heterocycles. The molecule has 1 N–H and O–H groups in total. The molecule has 0 unspecified atom stereocenters. The standard InChI is InChI=1S/C19H16FN3O3/c20-13-5-3-4-12(8-13)15-10-22(11-16(15)19(25)26)18(24)14-9-21-23-7-2-1-6-17(14)23/h1-9,15-16H,10-11H2,(H,25,26)/t15-,16+/m0/s1. The average Bonchev–Trinajstić information content (AvgIpc) is 3.26. The minimum Gasteiger partial charge on any atom is -0.481 e. The Kier molecular flexibility index (Phi) is 3.91. The smallest absolute Gasteiger partial charge is 0.308 e. The number of hydrogen-bond acceptors (Lipinski definition) is 3. The van der Waals surface area contributed by atoms with Crippen LogP contribution in [0.15, 0.2) is 54.9 Å². The van der Waals surface area contributed by atoms with Gasteiger partial charge in [0, 0.05) is 25.2 Å². The number of nitrogens with zero attached hydrogens (tertiary/aromatic N) is 3. The van der Waals surface area contributed by atoms with Gasteiger partial charge in [-0.1, -0.05) is 18.2 Å². The second kappa shape index (κ2) is 6.25. The lowest BCUT2D eigenvalue weighted by molar-refractivity contribution is -0.141. The number of aliphatic carboxylic acids is 1. The Morgan fingerprint density at radius 1 is 1.15 bits per heavy atom. The Bertz CT molecular complexity index is 1000. The van der Waals surface area contributed by atoms with Crippen LogP contribution in [0.4, 0.5) is 4.39 Å². The fourth-order valence-corrected chi connectivity index (χ4v) is 3.56. The van der Waals surface area contributed by atoms with Crippen LogP contribution >= 0.6 is 0 Å². The number of carboxylic acid groups (broad SMARTS) is 1. The minimum atomic E-state index is -0.991. The van der Waals surface area contributed by atoms with E-state index in [0.29, 0.717) is 16.6 Å². The molecule has 0 radical (unpaired) electrons. The van der Waals surface area contributed by atoms with Crippen molar-refractivity contribution in [3.05, 3.63) is 71.8 Å². The van der Waals surface area contributed by atoms with E-state index in [4.69, 9.17) is 0 Å². The molecule has 0 bridgehead atoms. The normalized spacial score (nSPS) is 19.8. The van der Waals surface area contributed by atoms with Gasteiger partial charge in [0.25, 0.3) is 5.91 Å². The third-order valence-corrected chi connectivity index (χ3v) is 4.86. The van der Waals surface area contributed by atoms with E-state index < -0.39 is 23.6 Å². The van der Waals surface area contributed by atoms with Crippen LogP contribution in [-0.4, -0.2) is 44.6 Å². The summed E-state index contributed by atoms with van der Waals surface area (Å²) in [7, 11) is 0. The summed E-state index contributed by atoms with van der Waals surface area (Å²) in [5.41, 5.74) is 1.68. The molecule has 1 saturated heterocycles. The minimum absolute atomic E-state index is 0.0829. The van der Waals surface area contributed by atoms with Crippen LogP contribution in [0.2, 0.25) is 0 Å². The molecule has 6 nitrogen and oxygen atoms in total. The maximum Gasteiger partial charge on any atom is 0.308 e. The largest absolute Gasteiger partial charge is 0.481 e. The predicted octanol–water partition coefficient (Wildman–Crippen LogP) is 2.41. The maximum absolute atomic E-state index is 13.6. The third-order valence-electron chi connectivity index (χ3n) is 4.86. The van der Waals surface area contributed by atoms with Gasteiger partial charge in [-0.15, -0.1) is 0 Å². The fourth-order valence-electron chi connectivity index (χ4n) is 3.56. The SMILES string of the molecule is O=C(O)[C@@H]1CN(C(=O)c2cnn3ccccc23)C[C@H]1c1cccc(F)c1. The lowest BCUT2D eigenvalue weighted by atomic mass is 9.89. The molecule has 2 atom stereocenters. The van der Waals surface area contributed by atoms with E-state index in [1.807, 2.05) is 12.1 Å². The zero-order chi connectivity index (χ0) is 18.3. The molecular formula is C19H16FN3O3. The van der Waals surface area contributed by atoms with Gasteiger partial charge in [-0.25, -0.2) is 8.91 Å². The van der Waals surface area contributed by atoms with Crippen molar-refractivity contribution in [3.63, 3.8) is 0 Å². The molecule has 0 aliphatic carbocycles. The predicted molar refractivity (Wildman–Crippen MR) is 91.4 cm³/mol. The summed E-state index contributed by atoms with van der Waals surface area (Å²) in [5, 5.41) is 13.7. The van der Waals surface area contributed by atoms with Crippen molar-refractivity contribution in [2.24, 2.45) is 5.92 Å². The topological polar surface area (TPSA) is 74.9 Å². The van der Waals surface area contributed by atoms with Gasteiger partial charge in [0.1, 0.15) is 5.82 Å². The maximum atomic E-state index is 13.6. The van der Waals surface area contributed by atoms with Crippen molar-refractivity contribution >= 4 is 17.4 Å². The number of pyridine rings is 1. The first-order valence-corrected chi connectivity index (χ1v) is 8.24. The second-order valence-electron chi connectivity index (χ2n) is 6.41. The number of rotatable bonds is 3. The van der Waals surface area contributed by atoms with Gasteiger partial charge in [0.05, 0.1) is 23.2 Å². The summed E-state index contributed by atoms with van der Waals surface area (Å²) in [6.45, 7) is 0.308. The van der Waals surface area contributed by atoms with Gasteiger partial charge < -0.3 is 10.0 Å². The average molecular weight is 353 g/mol. The summed E-state index contributed by atoms with van der Waals surface area (Å²) in [6, 6.07) is 11.3. The van der Waals surface area contributed by atoms with Crippen LogP contribution in [0.3, 0.4) is 0 Å². The van der Waals surface area contributed by atoms with Gasteiger partial charge in [0.2, 0.25) is 0 Å². The summed E-state index contributed by atoms with van der Waals surface area (Å²) >= 11 is 0. The van der Waals surface area contributed by atoms with E-state index in [9.17, 15) is 19.1 Å². The van der Waals surface area contributed by atoms with Crippen LogP contribution < -0.4 is 0 Å². The number of likely N-dealkylation sites (tertiary alicyclic amines) is 1. The molecule has 3 aromatic rings. The van der Waals surface area contributed by atoms with Crippen molar-refractivity contribution in [2.45, 2.75) is 5.92 Å². The number of carbonyl (C=O) groups is 2. The highest BCUT2D eigenvalue weighted by molar-refractivity contribution is 6.01. The second-order valence-corrected chi connectivity index (χ2v) is 6.41. The summed E-state index contributed by atoms with van der Waals surface area (Å²) in [4.78, 5) is 26.1. The van der Waals surface area contributed by atoms with Crippen molar-refractivity contribution in [2.75, 3.05) is 13.1 Å². The first kappa shape index (κ1) is 16.3. The van der Waals surface area contributed by atoms with Crippen molar-refractivity contribution < 1.29 is 19.1 Å². The van der Waals surface area contributed by atoms with Crippen LogP contribution in [0.25, 0.3) is 5.52 Å². The van der Waals surface area contributed by atoms with Gasteiger partial charge in [-0.2, -0.15) is 5.10 Å². The third kappa shape index (κ3) is 2.71. The summed E-state index contributed by atoms with van der Waals surface area (Å²) in [6.07, 6.45) is 3.23. The van der Waals surface area contributed by atoms with Crippen LogP contribution in [-0.2, 0) is 4.79 Å². The fraction of sp³-hybridized carbons (Fsp3) is 0.211. The number of aromatic nitrogens is 2. The number of fused-ring (bicyclic) bond motifs is 1. The van der Waals surface area contributed by atoms with Gasteiger partial charge in [-0.3, -0.25) is 9.59 Å². The Labute approximate surface area is 148 Å². The van der Waals surface area contributed by atoms with Crippen LogP contribution in [0.1, 0.15) is 21.8 Å². The monoisotopic (exact) mass is 353 g/mol. The van der Waals surface area contributed by atoms with E-state index in [1.165, 1.54) is 23.2 Å². The van der Waals surface area contributed by atoms with E-state index >= 15 is 0 Å². The molecule has 7 heteroatoms. The number of benzene rings is 1. The van der Waals surface area contributed by atoms with E-state index in [-0.39, 0.29) is 19.0 Å². The lowest BCUT2D eigenvalue weighted by Crippen LogP contribution is -2.29.